The first-order chi connectivity index (χ1) is 18.1. The zero-order valence-corrected chi connectivity index (χ0v) is 23.6. The number of aromatic nitrogens is 3. The quantitative estimate of drug-likeness (QED) is 0.349. The van der Waals surface area contributed by atoms with Crippen molar-refractivity contribution in [1.82, 2.24) is 24.9 Å². The summed E-state index contributed by atoms with van der Waals surface area (Å²) in [6, 6.07) is 16.8. The predicted octanol–water partition coefficient (Wildman–Crippen LogP) is 4.12. The van der Waals surface area contributed by atoms with Gasteiger partial charge in [0.05, 0.1) is 24.0 Å². The number of nitrogens with one attached hydrogen (secondary N) is 1. The molecule has 6 rings (SSSR count). The van der Waals surface area contributed by atoms with Gasteiger partial charge in [0, 0.05) is 49.5 Å². The van der Waals surface area contributed by atoms with Crippen LogP contribution in [0.1, 0.15) is 27.4 Å². The molecule has 11 heteroatoms. The van der Waals surface area contributed by atoms with Crippen molar-refractivity contribution >= 4 is 47.3 Å². The number of pyridine rings is 1. The number of carbonyl (C=O) groups excluding carboxylic acids is 1. The summed E-state index contributed by atoms with van der Waals surface area (Å²) in [5.41, 5.74) is 8.81. The lowest BCUT2D eigenvalue weighted by Crippen LogP contribution is -2.47. The molecule has 2 aromatic heterocycles. The number of nitrogens with zero attached hydrogens (tertiary/aromatic N) is 5. The Labute approximate surface area is 239 Å². The van der Waals surface area contributed by atoms with Crippen LogP contribution in [0.4, 0.5) is 5.69 Å². The summed E-state index contributed by atoms with van der Waals surface area (Å²) in [5.74, 6) is 0.483. The predicted molar refractivity (Wildman–Crippen MR) is 156 cm³/mol. The SMILES string of the molecule is CONC(=O)c1ncn2c1COc1c(CCN3CCN(c4cccc5nc(C)ccc45)CC3)cccc1-2.Cl.Cl. The largest absolute Gasteiger partial charge is 0.485 e. The van der Waals surface area contributed by atoms with E-state index in [0.29, 0.717) is 11.4 Å². The molecule has 206 valence electrons. The van der Waals surface area contributed by atoms with Crippen molar-refractivity contribution in [3.63, 3.8) is 0 Å². The molecule has 9 nitrogen and oxygen atoms in total. The van der Waals surface area contributed by atoms with E-state index in [1.807, 2.05) is 23.6 Å². The molecule has 1 fully saturated rings. The van der Waals surface area contributed by atoms with Gasteiger partial charge in [-0.3, -0.25) is 24.1 Å². The molecule has 0 bridgehead atoms. The van der Waals surface area contributed by atoms with Crippen LogP contribution in [-0.2, 0) is 17.9 Å². The van der Waals surface area contributed by atoms with E-state index in [4.69, 9.17) is 14.6 Å². The average Bonchev–Trinajstić information content (AvgIpc) is 3.37. The Morgan fingerprint density at radius 2 is 1.79 bits per heavy atom. The number of anilines is 1. The zero-order valence-electron chi connectivity index (χ0n) is 21.9. The lowest BCUT2D eigenvalue weighted by molar-refractivity contribution is 0.0530. The zero-order chi connectivity index (χ0) is 25.4. The number of aryl methyl sites for hydroxylation is 1. The van der Waals surface area contributed by atoms with Crippen molar-refractivity contribution in [3.05, 3.63) is 77.5 Å². The molecule has 1 saturated heterocycles. The van der Waals surface area contributed by atoms with Crippen molar-refractivity contribution in [3.8, 4) is 11.4 Å². The highest BCUT2D eigenvalue weighted by atomic mass is 35.5. The van der Waals surface area contributed by atoms with Crippen LogP contribution in [0.2, 0.25) is 0 Å². The standard InChI is InChI=1S/C28H30N6O3.2ClH/c1-19-9-10-21-22(30-19)6-4-7-23(21)33-15-13-32(14-16-33)12-11-20-5-3-8-24-27(20)37-17-25-26(28(35)31-36-2)29-18-34(24)25;;/h3-10,18H,11-17H2,1-2H3,(H,31,35);2*1H. The highest BCUT2D eigenvalue weighted by Gasteiger charge is 2.26. The van der Waals surface area contributed by atoms with Crippen molar-refractivity contribution in [2.24, 2.45) is 0 Å². The van der Waals surface area contributed by atoms with Gasteiger partial charge in [0.2, 0.25) is 0 Å². The molecule has 4 heterocycles. The number of amides is 1. The van der Waals surface area contributed by atoms with E-state index < -0.39 is 0 Å². The van der Waals surface area contributed by atoms with E-state index in [1.54, 1.807) is 6.33 Å². The molecular formula is C28H32Cl2N6O3. The van der Waals surface area contributed by atoms with Gasteiger partial charge in [-0.15, -0.1) is 24.8 Å². The molecule has 2 aromatic carbocycles. The molecule has 0 radical (unpaired) electrons. The van der Waals surface area contributed by atoms with E-state index in [2.05, 4.69) is 56.7 Å². The molecule has 0 unspecified atom stereocenters. The van der Waals surface area contributed by atoms with E-state index in [-0.39, 0.29) is 37.3 Å². The number of fused-ring (bicyclic) bond motifs is 4. The summed E-state index contributed by atoms with van der Waals surface area (Å²) in [7, 11) is 1.40. The number of para-hydroxylation sites is 1. The number of carbonyl (C=O) groups is 1. The number of halogens is 2. The van der Waals surface area contributed by atoms with Gasteiger partial charge in [-0.2, -0.15) is 0 Å². The van der Waals surface area contributed by atoms with E-state index in [9.17, 15) is 4.79 Å². The maximum absolute atomic E-state index is 12.2. The first-order valence-corrected chi connectivity index (χ1v) is 12.6. The molecule has 0 saturated carbocycles. The third-order valence-corrected chi connectivity index (χ3v) is 7.22. The third-order valence-electron chi connectivity index (χ3n) is 7.22. The van der Waals surface area contributed by atoms with Gasteiger partial charge >= 0.3 is 0 Å². The van der Waals surface area contributed by atoms with E-state index >= 15 is 0 Å². The van der Waals surface area contributed by atoms with Gasteiger partial charge in [0.25, 0.3) is 5.91 Å². The molecule has 2 aliphatic rings. The molecular weight excluding hydrogens is 539 g/mol. The number of hydroxylamine groups is 1. The summed E-state index contributed by atoms with van der Waals surface area (Å²) in [5, 5.41) is 1.22. The molecule has 1 amide bonds. The second-order valence-corrected chi connectivity index (χ2v) is 9.47. The van der Waals surface area contributed by atoms with E-state index in [1.165, 1.54) is 18.2 Å². The van der Waals surface area contributed by atoms with Gasteiger partial charge < -0.3 is 9.64 Å². The summed E-state index contributed by atoms with van der Waals surface area (Å²) in [6.45, 7) is 7.27. The second kappa shape index (κ2) is 12.2. The van der Waals surface area contributed by atoms with Crippen LogP contribution in [-0.4, -0.2) is 65.2 Å². The topological polar surface area (TPSA) is 84.7 Å². The number of ether oxygens (including phenoxy) is 1. The highest BCUT2D eigenvalue weighted by Crippen LogP contribution is 2.34. The summed E-state index contributed by atoms with van der Waals surface area (Å²) < 4.78 is 8.09. The van der Waals surface area contributed by atoms with Crippen LogP contribution < -0.4 is 15.1 Å². The maximum atomic E-state index is 12.2. The Kier molecular flexibility index (Phi) is 8.97. The van der Waals surface area contributed by atoms with Crippen LogP contribution in [0.3, 0.4) is 0 Å². The number of hydrogen-bond acceptors (Lipinski definition) is 7. The van der Waals surface area contributed by atoms with Crippen LogP contribution >= 0.6 is 24.8 Å². The van der Waals surface area contributed by atoms with E-state index in [0.717, 1.165) is 67.4 Å². The fourth-order valence-corrected chi connectivity index (χ4v) is 5.32. The minimum absolute atomic E-state index is 0. The normalized spacial score (nSPS) is 14.5. The molecule has 2 aliphatic heterocycles. The lowest BCUT2D eigenvalue weighted by Gasteiger charge is -2.36. The monoisotopic (exact) mass is 570 g/mol. The Hall–Kier alpha value is -3.37. The van der Waals surface area contributed by atoms with Crippen LogP contribution in [0.25, 0.3) is 16.6 Å². The van der Waals surface area contributed by atoms with Gasteiger partial charge in [0.15, 0.2) is 5.69 Å². The van der Waals surface area contributed by atoms with Crippen LogP contribution in [0, 0.1) is 6.92 Å². The average molecular weight is 572 g/mol. The fourth-order valence-electron chi connectivity index (χ4n) is 5.32. The Balaban J connectivity index is 0.00000176. The lowest BCUT2D eigenvalue weighted by atomic mass is 10.1. The van der Waals surface area contributed by atoms with Gasteiger partial charge in [-0.1, -0.05) is 18.2 Å². The Bertz CT molecular complexity index is 1470. The summed E-state index contributed by atoms with van der Waals surface area (Å²) in [6.07, 6.45) is 2.57. The summed E-state index contributed by atoms with van der Waals surface area (Å²) >= 11 is 0. The highest BCUT2D eigenvalue weighted by molar-refractivity contribution is 5.93. The second-order valence-electron chi connectivity index (χ2n) is 9.47. The molecule has 39 heavy (non-hydrogen) atoms. The van der Waals surface area contributed by atoms with Crippen molar-refractivity contribution in [2.75, 3.05) is 44.7 Å². The number of rotatable bonds is 6. The fraction of sp³-hybridized carbons (Fsp3) is 0.321. The van der Waals surface area contributed by atoms with Crippen molar-refractivity contribution in [2.45, 2.75) is 20.0 Å². The number of benzene rings is 2. The smallest absolute Gasteiger partial charge is 0.295 e. The minimum Gasteiger partial charge on any atom is -0.485 e. The molecule has 0 spiro atoms. The van der Waals surface area contributed by atoms with Crippen molar-refractivity contribution in [1.29, 1.82) is 0 Å². The Morgan fingerprint density at radius 3 is 2.59 bits per heavy atom. The summed E-state index contributed by atoms with van der Waals surface area (Å²) in [4.78, 5) is 31.0. The van der Waals surface area contributed by atoms with Crippen LogP contribution in [0.15, 0.2) is 54.9 Å². The molecule has 1 N–H and O–H groups in total. The molecule has 0 atom stereocenters. The number of hydrogen-bond donors (Lipinski definition) is 1. The first kappa shape index (κ1) is 28.6. The minimum atomic E-state index is -0.381. The molecule has 4 aromatic rings. The Morgan fingerprint density at radius 1 is 1.03 bits per heavy atom. The first-order valence-electron chi connectivity index (χ1n) is 12.6. The van der Waals surface area contributed by atoms with Crippen molar-refractivity contribution < 1.29 is 14.4 Å². The van der Waals surface area contributed by atoms with Gasteiger partial charge in [-0.05, 0) is 49.2 Å². The van der Waals surface area contributed by atoms with Gasteiger partial charge in [-0.25, -0.2) is 10.5 Å². The number of piperazine rings is 1. The number of imidazole rings is 1. The molecule has 0 aliphatic carbocycles. The maximum Gasteiger partial charge on any atom is 0.295 e. The third kappa shape index (κ3) is 5.53. The van der Waals surface area contributed by atoms with Crippen LogP contribution in [0.5, 0.6) is 5.75 Å². The van der Waals surface area contributed by atoms with Gasteiger partial charge in [0.1, 0.15) is 18.7 Å².